The van der Waals surface area contributed by atoms with Crippen LogP contribution in [0.4, 0.5) is 0 Å². The average Bonchev–Trinajstić information content (AvgIpc) is 2.84. The Balaban J connectivity index is 1.90. The molecule has 0 aliphatic carbocycles. The van der Waals surface area contributed by atoms with Crippen LogP contribution in [-0.4, -0.2) is 24.5 Å². The Morgan fingerprint density at radius 2 is 2.44 bits per heavy atom. The Labute approximate surface area is 114 Å². The maximum atomic E-state index is 5.38. The van der Waals surface area contributed by atoms with Crippen molar-refractivity contribution in [1.82, 2.24) is 4.90 Å². The highest BCUT2D eigenvalue weighted by Gasteiger charge is 2.18. The Hall–Kier alpha value is -0.820. The molecule has 1 aromatic heterocycles. The third kappa shape index (κ3) is 3.84. The molecular formula is C15H22N2S. The van der Waals surface area contributed by atoms with E-state index in [9.17, 15) is 0 Å². The van der Waals surface area contributed by atoms with Crippen LogP contribution in [-0.2, 0) is 6.54 Å². The van der Waals surface area contributed by atoms with E-state index in [0.717, 1.165) is 18.0 Å². The van der Waals surface area contributed by atoms with E-state index in [1.165, 1.54) is 37.2 Å². The number of hydrogen-bond acceptors (Lipinski definition) is 3. The molecule has 0 aromatic carbocycles. The van der Waals surface area contributed by atoms with Crippen LogP contribution in [0.5, 0.6) is 0 Å². The molecule has 2 nitrogen and oxygen atoms in total. The van der Waals surface area contributed by atoms with Gasteiger partial charge in [0.25, 0.3) is 0 Å². The van der Waals surface area contributed by atoms with Gasteiger partial charge in [-0.15, -0.1) is 11.3 Å². The van der Waals surface area contributed by atoms with Gasteiger partial charge < -0.3 is 5.73 Å². The number of piperidine rings is 1. The van der Waals surface area contributed by atoms with Crippen LogP contribution in [0.15, 0.2) is 11.4 Å². The molecule has 2 heterocycles. The summed E-state index contributed by atoms with van der Waals surface area (Å²) >= 11 is 1.82. The molecule has 98 valence electrons. The molecule has 1 aromatic rings. The van der Waals surface area contributed by atoms with E-state index in [1.54, 1.807) is 0 Å². The van der Waals surface area contributed by atoms with Crippen molar-refractivity contribution in [3.63, 3.8) is 0 Å². The minimum Gasteiger partial charge on any atom is -0.320 e. The van der Waals surface area contributed by atoms with Gasteiger partial charge in [-0.25, -0.2) is 0 Å². The monoisotopic (exact) mass is 262 g/mol. The first-order chi connectivity index (χ1) is 8.81. The van der Waals surface area contributed by atoms with Gasteiger partial charge in [-0.3, -0.25) is 4.90 Å². The van der Waals surface area contributed by atoms with Crippen molar-refractivity contribution in [1.29, 1.82) is 0 Å². The lowest BCUT2D eigenvalue weighted by Gasteiger charge is -2.31. The summed E-state index contributed by atoms with van der Waals surface area (Å²) in [5, 5.41) is 2.14. The summed E-state index contributed by atoms with van der Waals surface area (Å²) in [4.78, 5) is 4.01. The third-order valence-electron chi connectivity index (χ3n) is 3.55. The molecule has 0 radical (unpaired) electrons. The van der Waals surface area contributed by atoms with Gasteiger partial charge in [-0.1, -0.05) is 25.2 Å². The van der Waals surface area contributed by atoms with Gasteiger partial charge in [-0.05, 0) is 31.4 Å². The molecule has 0 spiro atoms. The predicted octanol–water partition coefficient (Wildman–Crippen LogP) is 2.68. The van der Waals surface area contributed by atoms with Gasteiger partial charge in [0.05, 0.1) is 6.54 Å². The minimum absolute atomic E-state index is 0.440. The van der Waals surface area contributed by atoms with Crippen molar-refractivity contribution in [3.05, 3.63) is 21.9 Å². The van der Waals surface area contributed by atoms with Crippen LogP contribution in [0.2, 0.25) is 0 Å². The Morgan fingerprint density at radius 3 is 3.22 bits per heavy atom. The van der Waals surface area contributed by atoms with Crippen LogP contribution in [0.25, 0.3) is 0 Å². The van der Waals surface area contributed by atoms with Crippen LogP contribution in [0.3, 0.4) is 0 Å². The van der Waals surface area contributed by atoms with Gasteiger partial charge in [0.2, 0.25) is 0 Å². The van der Waals surface area contributed by atoms with Crippen molar-refractivity contribution < 1.29 is 0 Å². The first-order valence-electron chi connectivity index (χ1n) is 6.80. The smallest absolute Gasteiger partial charge is 0.0555 e. The minimum atomic E-state index is 0.440. The molecule has 1 atom stereocenters. The van der Waals surface area contributed by atoms with Gasteiger partial charge in [-0.2, -0.15) is 0 Å². The van der Waals surface area contributed by atoms with E-state index >= 15 is 0 Å². The lowest BCUT2D eigenvalue weighted by atomic mass is 9.96. The van der Waals surface area contributed by atoms with Gasteiger partial charge in [0.15, 0.2) is 0 Å². The highest BCUT2D eigenvalue weighted by atomic mass is 32.1. The largest absolute Gasteiger partial charge is 0.320 e. The fourth-order valence-corrected chi connectivity index (χ4v) is 3.39. The van der Waals surface area contributed by atoms with Gasteiger partial charge in [0.1, 0.15) is 0 Å². The molecular weight excluding hydrogens is 240 g/mol. The fourth-order valence-electron chi connectivity index (χ4n) is 2.53. The van der Waals surface area contributed by atoms with E-state index in [-0.39, 0.29) is 0 Å². The molecule has 2 rings (SSSR count). The zero-order valence-corrected chi connectivity index (χ0v) is 11.9. The van der Waals surface area contributed by atoms with Crippen molar-refractivity contribution in [3.8, 4) is 11.8 Å². The highest BCUT2D eigenvalue weighted by molar-refractivity contribution is 7.10. The second-order valence-electron chi connectivity index (χ2n) is 4.96. The van der Waals surface area contributed by atoms with E-state index in [2.05, 4.69) is 35.1 Å². The van der Waals surface area contributed by atoms with E-state index < -0.39 is 0 Å². The summed E-state index contributed by atoms with van der Waals surface area (Å²) in [6.45, 7) is 6.34. The maximum Gasteiger partial charge on any atom is 0.0555 e. The Bertz CT molecular complexity index is 427. The number of hydrogen-bond donors (Lipinski definition) is 1. The molecule has 2 N–H and O–H groups in total. The second-order valence-corrected chi connectivity index (χ2v) is 5.95. The molecule has 1 fully saturated rings. The van der Waals surface area contributed by atoms with Crippen LogP contribution in [0, 0.1) is 17.8 Å². The average molecular weight is 262 g/mol. The van der Waals surface area contributed by atoms with Crippen molar-refractivity contribution >= 4 is 11.3 Å². The van der Waals surface area contributed by atoms with Crippen LogP contribution < -0.4 is 5.73 Å². The van der Waals surface area contributed by atoms with Gasteiger partial charge >= 0.3 is 0 Å². The summed E-state index contributed by atoms with van der Waals surface area (Å²) in [5.74, 6) is 6.91. The fraction of sp³-hybridized carbons (Fsp3) is 0.600. The summed E-state index contributed by atoms with van der Waals surface area (Å²) in [6, 6.07) is 2.21. The van der Waals surface area contributed by atoms with E-state index in [1.807, 2.05) is 11.3 Å². The zero-order chi connectivity index (χ0) is 12.8. The van der Waals surface area contributed by atoms with Crippen molar-refractivity contribution in [2.45, 2.75) is 32.7 Å². The summed E-state index contributed by atoms with van der Waals surface area (Å²) in [6.07, 6.45) is 4.07. The summed E-state index contributed by atoms with van der Waals surface area (Å²) in [7, 11) is 0. The van der Waals surface area contributed by atoms with Gasteiger partial charge in [0, 0.05) is 28.9 Å². The lowest BCUT2D eigenvalue weighted by molar-refractivity contribution is 0.166. The van der Waals surface area contributed by atoms with Crippen LogP contribution in [0.1, 0.15) is 36.6 Å². The highest BCUT2D eigenvalue weighted by Crippen LogP contribution is 2.23. The molecule has 0 bridgehead atoms. The van der Waals surface area contributed by atoms with Crippen molar-refractivity contribution in [2.75, 3.05) is 19.6 Å². The summed E-state index contributed by atoms with van der Waals surface area (Å²) in [5.41, 5.74) is 6.50. The quantitative estimate of drug-likeness (QED) is 0.849. The Morgan fingerprint density at radius 1 is 1.56 bits per heavy atom. The molecule has 1 aliphatic heterocycles. The van der Waals surface area contributed by atoms with E-state index in [0.29, 0.717) is 6.54 Å². The molecule has 1 unspecified atom stereocenters. The molecule has 0 saturated carbocycles. The summed E-state index contributed by atoms with van der Waals surface area (Å²) < 4.78 is 0. The molecule has 18 heavy (non-hydrogen) atoms. The number of likely N-dealkylation sites (tertiary alicyclic amines) is 1. The van der Waals surface area contributed by atoms with E-state index in [4.69, 9.17) is 5.73 Å². The first-order valence-corrected chi connectivity index (χ1v) is 7.68. The maximum absolute atomic E-state index is 5.38. The number of thiophene rings is 1. The standard InChI is InChI=1S/C15H22N2S/c1-2-13-6-4-8-17(10-13)11-15-9-14(12-18-15)5-3-7-16/h9,12-13H,2,4,6-8,10-11,16H2,1H3. The molecule has 0 amide bonds. The molecule has 1 aliphatic rings. The number of nitrogens with zero attached hydrogens (tertiary/aromatic N) is 1. The normalized spacial score (nSPS) is 20.4. The SMILES string of the molecule is CCC1CCCN(Cc2cc(C#CCN)cs2)C1. The predicted molar refractivity (Wildman–Crippen MR) is 78.5 cm³/mol. The first kappa shape index (κ1) is 13.6. The number of rotatable bonds is 3. The Kier molecular flexibility index (Phi) is 5.25. The molecule has 1 saturated heterocycles. The second kappa shape index (κ2) is 6.94. The van der Waals surface area contributed by atoms with Crippen molar-refractivity contribution in [2.24, 2.45) is 11.7 Å². The van der Waals surface area contributed by atoms with Crippen LogP contribution >= 0.6 is 11.3 Å². The lowest BCUT2D eigenvalue weighted by Crippen LogP contribution is -2.34. The number of nitrogens with two attached hydrogens (primary N) is 1. The third-order valence-corrected chi connectivity index (χ3v) is 4.47. The topological polar surface area (TPSA) is 29.3 Å². The zero-order valence-electron chi connectivity index (χ0n) is 11.1. The molecule has 3 heteroatoms.